The molecule has 2 atom stereocenters. The van der Waals surface area contributed by atoms with Gasteiger partial charge >= 0.3 is 0 Å². The summed E-state index contributed by atoms with van der Waals surface area (Å²) in [5, 5.41) is 19.7. The van der Waals surface area contributed by atoms with Crippen molar-refractivity contribution in [1.82, 2.24) is 9.80 Å². The second-order valence-electron chi connectivity index (χ2n) is 7.73. The summed E-state index contributed by atoms with van der Waals surface area (Å²) in [6.45, 7) is 4.69. The van der Waals surface area contributed by atoms with Crippen LogP contribution in [0.4, 0.5) is 0 Å². The van der Waals surface area contributed by atoms with Crippen molar-refractivity contribution in [3.05, 3.63) is 34.9 Å². The fourth-order valence-electron chi connectivity index (χ4n) is 4.13. The van der Waals surface area contributed by atoms with Gasteiger partial charge in [0.05, 0.1) is 6.42 Å². The van der Waals surface area contributed by atoms with Crippen LogP contribution in [0.3, 0.4) is 0 Å². The Morgan fingerprint density at radius 2 is 1.69 bits per heavy atom. The number of rotatable bonds is 6. The summed E-state index contributed by atoms with van der Waals surface area (Å²) in [4.78, 5) is 17.0. The first-order valence-electron chi connectivity index (χ1n) is 9.55. The van der Waals surface area contributed by atoms with Crippen molar-refractivity contribution in [2.45, 2.75) is 19.3 Å². The van der Waals surface area contributed by atoms with Crippen molar-refractivity contribution < 1.29 is 15.0 Å². The number of likely N-dealkylation sites (tertiary alicyclic amines) is 2. The van der Waals surface area contributed by atoms with Crippen molar-refractivity contribution in [3.63, 3.8) is 0 Å². The van der Waals surface area contributed by atoms with Crippen LogP contribution >= 0.6 is 11.6 Å². The number of carbonyl (C=O) groups is 1. The lowest BCUT2D eigenvalue weighted by Crippen LogP contribution is -2.40. The number of carbonyl (C=O) groups excluding carboxylic acids is 1. The van der Waals surface area contributed by atoms with Gasteiger partial charge in [-0.1, -0.05) is 23.7 Å². The first kappa shape index (κ1) is 19.6. The zero-order chi connectivity index (χ0) is 18.5. The van der Waals surface area contributed by atoms with Crippen LogP contribution in [0.15, 0.2) is 24.3 Å². The molecule has 0 unspecified atom stereocenters. The van der Waals surface area contributed by atoms with Crippen LogP contribution in [0, 0.1) is 17.8 Å². The molecule has 6 heteroatoms. The van der Waals surface area contributed by atoms with Crippen LogP contribution < -0.4 is 0 Å². The van der Waals surface area contributed by atoms with Crippen molar-refractivity contribution >= 4 is 17.5 Å². The van der Waals surface area contributed by atoms with E-state index in [2.05, 4.69) is 4.90 Å². The second kappa shape index (κ2) is 9.18. The van der Waals surface area contributed by atoms with Gasteiger partial charge < -0.3 is 20.0 Å². The summed E-state index contributed by atoms with van der Waals surface area (Å²) < 4.78 is 0. The second-order valence-corrected chi connectivity index (χ2v) is 8.17. The Morgan fingerprint density at radius 1 is 1.04 bits per heavy atom. The van der Waals surface area contributed by atoms with Crippen LogP contribution in [0.5, 0.6) is 0 Å². The Balaban J connectivity index is 1.53. The predicted molar refractivity (Wildman–Crippen MR) is 102 cm³/mol. The van der Waals surface area contributed by atoms with Crippen LogP contribution in [0.25, 0.3) is 0 Å². The van der Waals surface area contributed by atoms with Gasteiger partial charge in [-0.3, -0.25) is 4.79 Å². The molecule has 0 aromatic heterocycles. The number of aliphatic hydroxyl groups is 2. The molecule has 0 saturated carbocycles. The molecule has 0 spiro atoms. The molecule has 1 amide bonds. The number of hydrogen-bond donors (Lipinski definition) is 2. The van der Waals surface area contributed by atoms with Gasteiger partial charge in [-0.25, -0.2) is 0 Å². The average molecular weight is 381 g/mol. The molecule has 144 valence electrons. The number of amides is 1. The number of nitrogens with zero attached hydrogens (tertiary/aromatic N) is 2. The molecule has 26 heavy (non-hydrogen) atoms. The molecule has 2 N–H and O–H groups in total. The lowest BCUT2D eigenvalue weighted by molar-refractivity contribution is -0.129. The zero-order valence-corrected chi connectivity index (χ0v) is 15.9. The smallest absolute Gasteiger partial charge is 0.227 e. The molecule has 0 bridgehead atoms. The van der Waals surface area contributed by atoms with E-state index in [-0.39, 0.29) is 25.0 Å². The van der Waals surface area contributed by atoms with Gasteiger partial charge in [0, 0.05) is 43.8 Å². The number of aliphatic hydroxyl groups excluding tert-OH is 2. The molecule has 1 aromatic rings. The standard InChI is InChI=1S/C20H29ClN2O3/c21-19-3-1-15(2-4-19)9-20(26)23-11-17(18(12-23)14-25)10-22-7-5-16(13-24)6-8-22/h1-4,16-18,24-25H,5-14H2/t17-,18-/m1/s1. The Morgan fingerprint density at radius 3 is 2.31 bits per heavy atom. The topological polar surface area (TPSA) is 64.0 Å². The highest BCUT2D eigenvalue weighted by molar-refractivity contribution is 6.30. The number of benzene rings is 1. The minimum absolute atomic E-state index is 0.118. The largest absolute Gasteiger partial charge is 0.396 e. The van der Waals surface area contributed by atoms with E-state index in [0.29, 0.717) is 29.8 Å². The van der Waals surface area contributed by atoms with E-state index in [9.17, 15) is 15.0 Å². The molecule has 3 rings (SSSR count). The molecule has 0 aliphatic carbocycles. The fourth-order valence-corrected chi connectivity index (χ4v) is 4.25. The van der Waals surface area contributed by atoms with Crippen LogP contribution in [-0.4, -0.2) is 71.9 Å². The van der Waals surface area contributed by atoms with E-state index in [0.717, 1.165) is 44.6 Å². The monoisotopic (exact) mass is 380 g/mol. The minimum atomic E-state index is 0.118. The summed E-state index contributed by atoms with van der Waals surface area (Å²) in [5.74, 6) is 1.02. The maximum absolute atomic E-state index is 12.7. The van der Waals surface area contributed by atoms with E-state index in [1.54, 1.807) is 0 Å². The molecule has 2 aliphatic heterocycles. The highest BCUT2D eigenvalue weighted by atomic mass is 35.5. The first-order chi connectivity index (χ1) is 12.6. The quantitative estimate of drug-likeness (QED) is 0.787. The molecule has 1 aromatic carbocycles. The van der Waals surface area contributed by atoms with Gasteiger partial charge in [-0.05, 0) is 55.5 Å². The van der Waals surface area contributed by atoms with E-state index in [1.807, 2.05) is 29.2 Å². The van der Waals surface area contributed by atoms with E-state index < -0.39 is 0 Å². The van der Waals surface area contributed by atoms with Crippen LogP contribution in [0.2, 0.25) is 5.02 Å². The number of halogens is 1. The Bertz CT molecular complexity index is 587. The van der Waals surface area contributed by atoms with E-state index in [4.69, 9.17) is 11.6 Å². The fraction of sp³-hybridized carbons (Fsp3) is 0.650. The first-order valence-corrected chi connectivity index (χ1v) is 9.93. The maximum atomic E-state index is 12.7. The molecule has 0 radical (unpaired) electrons. The van der Waals surface area contributed by atoms with Crippen molar-refractivity contribution in [2.24, 2.45) is 17.8 Å². The molecular formula is C20H29ClN2O3. The number of piperidine rings is 1. The summed E-state index contributed by atoms with van der Waals surface area (Å²) in [6, 6.07) is 7.40. The van der Waals surface area contributed by atoms with Crippen LogP contribution in [-0.2, 0) is 11.2 Å². The third-order valence-corrected chi connectivity index (χ3v) is 6.14. The van der Waals surface area contributed by atoms with Gasteiger partial charge in [0.15, 0.2) is 0 Å². The Kier molecular flexibility index (Phi) is 6.92. The summed E-state index contributed by atoms with van der Waals surface area (Å²) in [7, 11) is 0. The average Bonchev–Trinajstić information content (AvgIpc) is 3.07. The maximum Gasteiger partial charge on any atom is 0.227 e. The summed E-state index contributed by atoms with van der Waals surface area (Å²) >= 11 is 5.90. The van der Waals surface area contributed by atoms with Crippen molar-refractivity contribution in [1.29, 1.82) is 0 Å². The molecule has 5 nitrogen and oxygen atoms in total. The zero-order valence-electron chi connectivity index (χ0n) is 15.2. The van der Waals surface area contributed by atoms with Crippen molar-refractivity contribution in [3.8, 4) is 0 Å². The molecule has 2 aliphatic rings. The van der Waals surface area contributed by atoms with E-state index >= 15 is 0 Å². The summed E-state index contributed by atoms with van der Waals surface area (Å²) in [6.07, 6.45) is 2.45. The minimum Gasteiger partial charge on any atom is -0.396 e. The van der Waals surface area contributed by atoms with Gasteiger partial charge in [-0.15, -0.1) is 0 Å². The van der Waals surface area contributed by atoms with Gasteiger partial charge in [0.25, 0.3) is 0 Å². The number of hydrogen-bond acceptors (Lipinski definition) is 4. The third kappa shape index (κ3) is 4.97. The normalized spacial score (nSPS) is 25.0. The van der Waals surface area contributed by atoms with Crippen LogP contribution in [0.1, 0.15) is 18.4 Å². The highest BCUT2D eigenvalue weighted by Gasteiger charge is 2.36. The SMILES string of the molecule is O=C(Cc1ccc(Cl)cc1)N1C[C@@H](CN2CCC(CO)CC2)[C@@H](CO)C1. The van der Waals surface area contributed by atoms with Gasteiger partial charge in [0.1, 0.15) is 0 Å². The van der Waals surface area contributed by atoms with Crippen molar-refractivity contribution in [2.75, 3.05) is 45.9 Å². The van der Waals surface area contributed by atoms with Gasteiger partial charge in [0.2, 0.25) is 5.91 Å². The van der Waals surface area contributed by atoms with Gasteiger partial charge in [-0.2, -0.15) is 0 Å². The highest BCUT2D eigenvalue weighted by Crippen LogP contribution is 2.27. The van der Waals surface area contributed by atoms with E-state index in [1.165, 1.54) is 0 Å². The third-order valence-electron chi connectivity index (χ3n) is 5.89. The molecule has 2 fully saturated rings. The Labute approximate surface area is 160 Å². The lowest BCUT2D eigenvalue weighted by atomic mass is 9.93. The Hall–Kier alpha value is -1.14. The summed E-state index contributed by atoms with van der Waals surface area (Å²) in [5.41, 5.74) is 0.967. The predicted octanol–water partition coefficient (Wildman–Crippen LogP) is 1.65. The lowest BCUT2D eigenvalue weighted by Gasteiger charge is -2.33. The molecule has 2 saturated heterocycles. The molecule has 2 heterocycles. The molecular weight excluding hydrogens is 352 g/mol.